The van der Waals surface area contributed by atoms with E-state index in [1.165, 1.54) is 6.07 Å². The Morgan fingerprint density at radius 3 is 2.29 bits per heavy atom. The third kappa shape index (κ3) is 3.91. The molecule has 1 aromatic rings. The first kappa shape index (κ1) is 17.3. The van der Waals surface area contributed by atoms with Crippen LogP contribution < -0.4 is 0 Å². The molecule has 2 fully saturated rings. The molecule has 0 saturated carbocycles. The fourth-order valence-electron chi connectivity index (χ4n) is 3.71. The molecule has 1 amide bonds. The van der Waals surface area contributed by atoms with Gasteiger partial charge < -0.3 is 4.90 Å². The van der Waals surface area contributed by atoms with E-state index in [0.717, 1.165) is 44.8 Å². The van der Waals surface area contributed by atoms with Crippen LogP contribution in [0.15, 0.2) is 24.3 Å². The summed E-state index contributed by atoms with van der Waals surface area (Å²) in [6.45, 7) is 3.36. The Kier molecular flexibility index (Phi) is 5.13. The van der Waals surface area contributed by atoms with Crippen LogP contribution in [0, 0.1) is 5.92 Å². The lowest BCUT2D eigenvalue weighted by Crippen LogP contribution is -2.41. The Labute approximate surface area is 140 Å². The summed E-state index contributed by atoms with van der Waals surface area (Å²) < 4.78 is 39.2. The molecule has 0 aromatic heterocycles. The zero-order valence-electron chi connectivity index (χ0n) is 13.7. The van der Waals surface area contributed by atoms with Crippen LogP contribution in [0.25, 0.3) is 0 Å². The quantitative estimate of drug-likeness (QED) is 0.840. The summed E-state index contributed by atoms with van der Waals surface area (Å²) in [6.07, 6.45) is -0.675. The zero-order chi connectivity index (χ0) is 17.2. The van der Waals surface area contributed by atoms with Gasteiger partial charge in [0, 0.05) is 25.6 Å². The standard InChI is InChI=1S/C18H23F3N2O/c19-18(20,21)16-6-2-1-5-15(16)13-22-11-7-14(8-12-22)17(24)23-9-3-4-10-23/h1-2,5-6,14H,3-4,7-13H2. The molecule has 0 unspecified atom stereocenters. The van der Waals surface area contributed by atoms with Crippen molar-refractivity contribution in [1.82, 2.24) is 9.80 Å². The van der Waals surface area contributed by atoms with E-state index in [4.69, 9.17) is 0 Å². The molecule has 0 aliphatic carbocycles. The Morgan fingerprint density at radius 2 is 1.67 bits per heavy atom. The van der Waals surface area contributed by atoms with Gasteiger partial charge in [-0.2, -0.15) is 13.2 Å². The Bertz CT molecular complexity index is 574. The summed E-state index contributed by atoms with van der Waals surface area (Å²) in [7, 11) is 0. The van der Waals surface area contributed by atoms with E-state index in [-0.39, 0.29) is 11.8 Å². The van der Waals surface area contributed by atoms with Crippen LogP contribution in [0.5, 0.6) is 0 Å². The predicted octanol–water partition coefficient (Wildman–Crippen LogP) is 3.54. The SMILES string of the molecule is O=C(C1CCN(Cc2ccccc2C(F)(F)F)CC1)N1CCCC1. The molecule has 24 heavy (non-hydrogen) atoms. The van der Waals surface area contributed by atoms with Gasteiger partial charge in [-0.1, -0.05) is 18.2 Å². The largest absolute Gasteiger partial charge is 0.416 e. The van der Waals surface area contributed by atoms with Crippen LogP contribution in [-0.2, 0) is 17.5 Å². The van der Waals surface area contributed by atoms with Crippen LogP contribution in [0.1, 0.15) is 36.8 Å². The lowest BCUT2D eigenvalue weighted by Gasteiger charge is -2.33. The molecule has 0 spiro atoms. The van der Waals surface area contributed by atoms with Gasteiger partial charge in [-0.25, -0.2) is 0 Å². The zero-order valence-corrected chi connectivity index (χ0v) is 13.7. The molecule has 0 N–H and O–H groups in total. The average Bonchev–Trinajstić information content (AvgIpc) is 3.09. The number of benzene rings is 1. The highest BCUT2D eigenvalue weighted by atomic mass is 19.4. The normalized spacial score (nSPS) is 20.5. The molecule has 6 heteroatoms. The average molecular weight is 340 g/mol. The van der Waals surface area contributed by atoms with Gasteiger partial charge in [0.15, 0.2) is 0 Å². The number of carbonyl (C=O) groups excluding carboxylic acids is 1. The van der Waals surface area contributed by atoms with E-state index >= 15 is 0 Å². The number of nitrogens with zero attached hydrogens (tertiary/aromatic N) is 2. The third-order valence-electron chi connectivity index (χ3n) is 5.07. The molecule has 3 rings (SSSR count). The van der Waals surface area contributed by atoms with Crippen LogP contribution >= 0.6 is 0 Å². The second-order valence-corrected chi connectivity index (χ2v) is 6.74. The van der Waals surface area contributed by atoms with Gasteiger partial charge in [-0.3, -0.25) is 9.69 Å². The highest BCUT2D eigenvalue weighted by Gasteiger charge is 2.34. The predicted molar refractivity (Wildman–Crippen MR) is 85.3 cm³/mol. The number of piperidine rings is 1. The highest BCUT2D eigenvalue weighted by molar-refractivity contribution is 5.79. The van der Waals surface area contributed by atoms with Crippen LogP contribution in [-0.4, -0.2) is 41.9 Å². The van der Waals surface area contributed by atoms with Gasteiger partial charge >= 0.3 is 6.18 Å². The number of rotatable bonds is 3. The number of carbonyl (C=O) groups is 1. The minimum Gasteiger partial charge on any atom is -0.342 e. The lowest BCUT2D eigenvalue weighted by atomic mass is 9.94. The smallest absolute Gasteiger partial charge is 0.342 e. The van der Waals surface area contributed by atoms with E-state index in [9.17, 15) is 18.0 Å². The van der Waals surface area contributed by atoms with Gasteiger partial charge in [0.1, 0.15) is 0 Å². The Hall–Kier alpha value is -1.56. The van der Waals surface area contributed by atoms with Crippen LogP contribution in [0.3, 0.4) is 0 Å². The van der Waals surface area contributed by atoms with E-state index in [1.54, 1.807) is 12.1 Å². The summed E-state index contributed by atoms with van der Waals surface area (Å²) in [4.78, 5) is 16.4. The number of halogens is 3. The number of hydrogen-bond donors (Lipinski definition) is 0. The molecule has 2 heterocycles. The fraction of sp³-hybridized carbons (Fsp3) is 0.611. The summed E-state index contributed by atoms with van der Waals surface area (Å²) in [5.41, 5.74) is -0.241. The molecule has 2 saturated heterocycles. The lowest BCUT2D eigenvalue weighted by molar-refractivity contribution is -0.138. The van der Waals surface area contributed by atoms with Gasteiger partial charge in [0.25, 0.3) is 0 Å². The molecular formula is C18H23F3N2O. The summed E-state index contributed by atoms with van der Waals surface area (Å²) >= 11 is 0. The second-order valence-electron chi connectivity index (χ2n) is 6.74. The van der Waals surface area contributed by atoms with Crippen molar-refractivity contribution in [2.24, 2.45) is 5.92 Å². The van der Waals surface area contributed by atoms with E-state index in [0.29, 0.717) is 25.2 Å². The van der Waals surface area contributed by atoms with Crippen molar-refractivity contribution < 1.29 is 18.0 Å². The number of likely N-dealkylation sites (tertiary alicyclic amines) is 2. The van der Waals surface area contributed by atoms with Crippen LogP contribution in [0.2, 0.25) is 0 Å². The second kappa shape index (κ2) is 7.13. The molecule has 1 aromatic carbocycles. The first-order valence-electron chi connectivity index (χ1n) is 8.61. The molecule has 2 aliphatic heterocycles. The third-order valence-corrected chi connectivity index (χ3v) is 5.07. The van der Waals surface area contributed by atoms with E-state index in [2.05, 4.69) is 0 Å². The minimum atomic E-state index is -4.32. The molecule has 132 valence electrons. The summed E-state index contributed by atoms with van der Waals surface area (Å²) in [5.74, 6) is 0.278. The van der Waals surface area contributed by atoms with Crippen molar-refractivity contribution in [3.8, 4) is 0 Å². The molecule has 3 nitrogen and oxygen atoms in total. The Morgan fingerprint density at radius 1 is 1.04 bits per heavy atom. The molecule has 0 bridgehead atoms. The van der Waals surface area contributed by atoms with Crippen molar-refractivity contribution in [1.29, 1.82) is 0 Å². The maximum absolute atomic E-state index is 13.1. The summed E-state index contributed by atoms with van der Waals surface area (Å²) in [5, 5.41) is 0. The maximum atomic E-state index is 13.1. The van der Waals surface area contributed by atoms with Crippen molar-refractivity contribution in [3.05, 3.63) is 35.4 Å². The van der Waals surface area contributed by atoms with Crippen molar-refractivity contribution in [2.45, 2.75) is 38.4 Å². The molecule has 0 radical (unpaired) electrons. The molecular weight excluding hydrogens is 317 g/mol. The Balaban J connectivity index is 1.57. The van der Waals surface area contributed by atoms with E-state index in [1.807, 2.05) is 9.80 Å². The minimum absolute atomic E-state index is 0.0391. The van der Waals surface area contributed by atoms with Gasteiger partial charge in [0.2, 0.25) is 5.91 Å². The van der Waals surface area contributed by atoms with Crippen molar-refractivity contribution in [3.63, 3.8) is 0 Å². The maximum Gasteiger partial charge on any atom is 0.416 e. The fourth-order valence-corrected chi connectivity index (χ4v) is 3.71. The highest BCUT2D eigenvalue weighted by Crippen LogP contribution is 2.33. The van der Waals surface area contributed by atoms with Crippen molar-refractivity contribution in [2.75, 3.05) is 26.2 Å². The van der Waals surface area contributed by atoms with Gasteiger partial charge in [-0.05, 0) is 50.4 Å². The number of amides is 1. The molecule has 2 aliphatic rings. The van der Waals surface area contributed by atoms with Crippen molar-refractivity contribution >= 4 is 5.91 Å². The van der Waals surface area contributed by atoms with Gasteiger partial charge in [0.05, 0.1) is 5.56 Å². The number of hydrogen-bond acceptors (Lipinski definition) is 2. The van der Waals surface area contributed by atoms with Gasteiger partial charge in [-0.15, -0.1) is 0 Å². The van der Waals surface area contributed by atoms with Crippen LogP contribution in [0.4, 0.5) is 13.2 Å². The summed E-state index contributed by atoms with van der Waals surface area (Å²) in [6, 6.07) is 5.75. The topological polar surface area (TPSA) is 23.6 Å². The first-order chi connectivity index (χ1) is 11.4. The first-order valence-corrected chi connectivity index (χ1v) is 8.61. The molecule has 0 atom stereocenters. The number of alkyl halides is 3. The van der Waals surface area contributed by atoms with E-state index < -0.39 is 11.7 Å². The monoisotopic (exact) mass is 340 g/mol.